The molecule has 1 amide bonds. The minimum Gasteiger partial charge on any atom is -0.481 e. The fraction of sp³-hybridized carbons (Fsp3) is 0.500. The third-order valence-electron chi connectivity index (χ3n) is 3.69. The van der Waals surface area contributed by atoms with Crippen LogP contribution in [0.4, 0.5) is 0 Å². The van der Waals surface area contributed by atoms with E-state index in [0.29, 0.717) is 5.75 Å². The van der Waals surface area contributed by atoms with Crippen LogP contribution in [0.3, 0.4) is 0 Å². The average molecular weight is 323 g/mol. The number of hydrogen-bond donors (Lipinski definition) is 1. The van der Waals surface area contributed by atoms with Gasteiger partial charge in [0.05, 0.1) is 0 Å². The first kappa shape index (κ1) is 16.7. The second-order valence-electron chi connectivity index (χ2n) is 5.43. The quantitative estimate of drug-likeness (QED) is 0.781. The Kier molecular flexibility index (Phi) is 5.34. The van der Waals surface area contributed by atoms with Crippen LogP contribution in [0, 0.1) is 0 Å². The predicted octanol–water partition coefficient (Wildman–Crippen LogP) is 2.64. The van der Waals surface area contributed by atoms with Gasteiger partial charge < -0.3 is 14.7 Å². The van der Waals surface area contributed by atoms with Gasteiger partial charge in [0, 0.05) is 10.9 Å². The van der Waals surface area contributed by atoms with E-state index in [1.165, 1.54) is 4.90 Å². The maximum atomic E-state index is 12.5. The highest BCUT2D eigenvalue weighted by Crippen LogP contribution is 2.30. The van der Waals surface area contributed by atoms with E-state index < -0.39 is 18.1 Å². The monoisotopic (exact) mass is 323 g/mol. The number of aliphatic carboxylic acids is 1. The number of carbonyl (C=O) groups excluding carboxylic acids is 1. The predicted molar refractivity (Wildman–Crippen MR) is 85.3 cm³/mol. The summed E-state index contributed by atoms with van der Waals surface area (Å²) in [6.45, 7) is 3.20. The number of nitrogens with zero attached hydrogens (tertiary/aromatic N) is 1. The van der Waals surface area contributed by atoms with E-state index in [2.05, 4.69) is 0 Å². The van der Waals surface area contributed by atoms with Crippen molar-refractivity contribution in [1.29, 1.82) is 0 Å². The SMILES string of the molecule is CSc1ccc(OC(C)C(=O)N(C2CC2)C(C)C(=O)O)cc1. The lowest BCUT2D eigenvalue weighted by Gasteiger charge is -2.29. The largest absolute Gasteiger partial charge is 0.481 e. The summed E-state index contributed by atoms with van der Waals surface area (Å²) < 4.78 is 5.67. The zero-order valence-electron chi connectivity index (χ0n) is 13.0. The molecule has 1 N–H and O–H groups in total. The minimum absolute atomic E-state index is 0.0310. The third-order valence-corrected chi connectivity index (χ3v) is 4.43. The molecule has 6 heteroatoms. The molecule has 2 rings (SSSR count). The van der Waals surface area contributed by atoms with E-state index >= 15 is 0 Å². The van der Waals surface area contributed by atoms with Crippen molar-refractivity contribution in [2.75, 3.05) is 6.26 Å². The van der Waals surface area contributed by atoms with E-state index in [4.69, 9.17) is 4.74 Å². The first-order chi connectivity index (χ1) is 10.4. The number of carboxylic acids is 1. The molecule has 0 radical (unpaired) electrons. The zero-order valence-corrected chi connectivity index (χ0v) is 13.8. The molecule has 1 saturated carbocycles. The van der Waals surface area contributed by atoms with Gasteiger partial charge in [0.15, 0.2) is 6.10 Å². The van der Waals surface area contributed by atoms with Crippen LogP contribution < -0.4 is 4.74 Å². The van der Waals surface area contributed by atoms with Crippen LogP contribution in [0.1, 0.15) is 26.7 Å². The number of hydrogen-bond acceptors (Lipinski definition) is 4. The van der Waals surface area contributed by atoms with Crippen LogP contribution in [0.2, 0.25) is 0 Å². The number of ether oxygens (including phenoxy) is 1. The summed E-state index contributed by atoms with van der Waals surface area (Å²) in [6, 6.07) is 6.69. The van der Waals surface area contributed by atoms with Gasteiger partial charge in [-0.25, -0.2) is 4.79 Å². The summed E-state index contributed by atoms with van der Waals surface area (Å²) in [6.07, 6.45) is 3.00. The van der Waals surface area contributed by atoms with Crippen molar-refractivity contribution in [3.05, 3.63) is 24.3 Å². The molecule has 2 unspecified atom stereocenters. The molecule has 120 valence electrons. The van der Waals surface area contributed by atoms with Crippen LogP contribution in [-0.4, -0.2) is 46.3 Å². The van der Waals surface area contributed by atoms with Crippen LogP contribution in [-0.2, 0) is 9.59 Å². The number of thioether (sulfide) groups is 1. The molecule has 0 aliphatic heterocycles. The molecule has 2 atom stereocenters. The molecule has 1 aromatic carbocycles. The lowest BCUT2D eigenvalue weighted by Crippen LogP contribution is -2.49. The highest BCUT2D eigenvalue weighted by molar-refractivity contribution is 7.98. The second-order valence-corrected chi connectivity index (χ2v) is 6.31. The van der Waals surface area contributed by atoms with Crippen LogP contribution >= 0.6 is 11.8 Å². The molecular weight excluding hydrogens is 302 g/mol. The second kappa shape index (κ2) is 7.05. The Morgan fingerprint density at radius 3 is 2.32 bits per heavy atom. The summed E-state index contributed by atoms with van der Waals surface area (Å²) >= 11 is 1.63. The van der Waals surface area contributed by atoms with Crippen LogP contribution in [0.15, 0.2) is 29.2 Å². The number of rotatable bonds is 7. The van der Waals surface area contributed by atoms with Gasteiger partial charge in [-0.3, -0.25) is 4.79 Å². The van der Waals surface area contributed by atoms with Gasteiger partial charge in [0.1, 0.15) is 11.8 Å². The molecule has 0 saturated heterocycles. The van der Waals surface area contributed by atoms with Crippen LogP contribution in [0.25, 0.3) is 0 Å². The van der Waals surface area contributed by atoms with Crippen molar-refractivity contribution in [3.63, 3.8) is 0 Å². The van der Waals surface area contributed by atoms with Gasteiger partial charge in [-0.1, -0.05) is 0 Å². The summed E-state index contributed by atoms with van der Waals surface area (Å²) in [5.41, 5.74) is 0. The Bertz CT molecular complexity index is 542. The fourth-order valence-corrected chi connectivity index (χ4v) is 2.69. The standard InChI is InChI=1S/C16H21NO4S/c1-10(16(19)20)17(12-4-5-12)15(18)11(2)21-13-6-8-14(22-3)9-7-13/h6-12H,4-5H2,1-3H3,(H,19,20). The number of benzene rings is 1. The fourth-order valence-electron chi connectivity index (χ4n) is 2.28. The van der Waals surface area contributed by atoms with Gasteiger partial charge in [-0.05, 0) is 57.2 Å². The summed E-state index contributed by atoms with van der Waals surface area (Å²) in [7, 11) is 0. The Hall–Kier alpha value is -1.69. The van der Waals surface area contributed by atoms with Gasteiger partial charge in [0.25, 0.3) is 5.91 Å². The molecular formula is C16H21NO4S. The molecule has 0 heterocycles. The van der Waals surface area contributed by atoms with Gasteiger partial charge >= 0.3 is 5.97 Å². The molecule has 0 bridgehead atoms. The molecule has 1 aliphatic rings. The van der Waals surface area contributed by atoms with Crippen molar-refractivity contribution in [3.8, 4) is 5.75 Å². The van der Waals surface area contributed by atoms with Crippen molar-refractivity contribution < 1.29 is 19.4 Å². The Labute approximate surface area is 134 Å². The third kappa shape index (κ3) is 3.94. The molecule has 0 aromatic heterocycles. The lowest BCUT2D eigenvalue weighted by molar-refractivity contribution is -0.153. The lowest BCUT2D eigenvalue weighted by atomic mass is 10.2. The average Bonchev–Trinajstić information content (AvgIpc) is 3.32. The topological polar surface area (TPSA) is 66.8 Å². The summed E-state index contributed by atoms with van der Waals surface area (Å²) in [4.78, 5) is 26.3. The Morgan fingerprint density at radius 2 is 1.86 bits per heavy atom. The van der Waals surface area contributed by atoms with E-state index in [0.717, 1.165) is 17.7 Å². The summed E-state index contributed by atoms with van der Waals surface area (Å²) in [5, 5.41) is 9.17. The highest BCUT2D eigenvalue weighted by Gasteiger charge is 2.40. The van der Waals surface area contributed by atoms with Crippen molar-refractivity contribution >= 4 is 23.6 Å². The normalized spacial score (nSPS) is 16.7. The Morgan fingerprint density at radius 1 is 1.27 bits per heavy atom. The number of amides is 1. The number of carboxylic acid groups (broad SMARTS) is 1. The minimum atomic E-state index is -0.989. The van der Waals surface area contributed by atoms with Gasteiger partial charge in [0.2, 0.25) is 0 Å². The maximum Gasteiger partial charge on any atom is 0.326 e. The van der Waals surface area contributed by atoms with Crippen LogP contribution in [0.5, 0.6) is 5.75 Å². The summed E-state index contributed by atoms with van der Waals surface area (Å²) in [5.74, 6) is -0.652. The zero-order chi connectivity index (χ0) is 16.3. The van der Waals surface area contributed by atoms with Crippen molar-refractivity contribution in [2.24, 2.45) is 0 Å². The Balaban J connectivity index is 2.04. The van der Waals surface area contributed by atoms with E-state index in [-0.39, 0.29) is 11.9 Å². The van der Waals surface area contributed by atoms with Gasteiger partial charge in [-0.15, -0.1) is 11.8 Å². The van der Waals surface area contributed by atoms with Crippen molar-refractivity contribution in [2.45, 2.75) is 49.8 Å². The molecule has 1 fully saturated rings. The molecule has 1 aliphatic carbocycles. The van der Waals surface area contributed by atoms with Gasteiger partial charge in [-0.2, -0.15) is 0 Å². The van der Waals surface area contributed by atoms with E-state index in [1.807, 2.05) is 30.5 Å². The first-order valence-electron chi connectivity index (χ1n) is 7.29. The van der Waals surface area contributed by atoms with E-state index in [1.54, 1.807) is 25.6 Å². The van der Waals surface area contributed by atoms with Crippen molar-refractivity contribution in [1.82, 2.24) is 4.90 Å². The molecule has 5 nitrogen and oxygen atoms in total. The molecule has 0 spiro atoms. The first-order valence-corrected chi connectivity index (χ1v) is 8.52. The molecule has 22 heavy (non-hydrogen) atoms. The molecule has 1 aromatic rings. The number of carbonyl (C=O) groups is 2. The smallest absolute Gasteiger partial charge is 0.326 e. The maximum absolute atomic E-state index is 12.5. The highest BCUT2D eigenvalue weighted by atomic mass is 32.2. The van der Waals surface area contributed by atoms with E-state index in [9.17, 15) is 14.7 Å².